The second-order valence-corrected chi connectivity index (χ2v) is 6.33. The fraction of sp³-hybridized carbons (Fsp3) is 0.647. The predicted octanol–water partition coefficient (Wildman–Crippen LogP) is 1.46. The Kier molecular flexibility index (Phi) is 5.01. The summed E-state index contributed by atoms with van der Waals surface area (Å²) in [5, 5.41) is 10.3. The number of benzene rings is 1. The molecule has 0 aliphatic carbocycles. The third-order valence-corrected chi connectivity index (χ3v) is 4.08. The van der Waals surface area contributed by atoms with E-state index < -0.39 is 24.3 Å². The average molecular weight is 324 g/mol. The molecule has 2 aliphatic rings. The fourth-order valence-corrected chi connectivity index (χ4v) is 3.05. The number of fused-ring (bicyclic) bond motifs is 1. The van der Waals surface area contributed by atoms with Crippen LogP contribution in [-0.4, -0.2) is 55.3 Å². The highest BCUT2D eigenvalue weighted by Gasteiger charge is 2.55. The van der Waals surface area contributed by atoms with Gasteiger partial charge in [-0.05, 0) is 19.4 Å². The number of hydrogen-bond acceptors (Lipinski definition) is 6. The van der Waals surface area contributed by atoms with Crippen LogP contribution in [0.1, 0.15) is 19.4 Å². The topological polar surface area (TPSA) is 66.4 Å². The van der Waals surface area contributed by atoms with E-state index in [1.165, 1.54) is 7.11 Å². The molecule has 2 saturated heterocycles. The van der Waals surface area contributed by atoms with Gasteiger partial charge in [0.1, 0.15) is 24.4 Å². The molecule has 5 unspecified atom stereocenters. The molecule has 0 radical (unpaired) electrons. The molecule has 0 aromatic heterocycles. The summed E-state index contributed by atoms with van der Waals surface area (Å²) in [6.07, 6.45) is -2.88. The van der Waals surface area contributed by atoms with Crippen LogP contribution in [0.25, 0.3) is 0 Å². The molecule has 0 amide bonds. The van der Waals surface area contributed by atoms with Gasteiger partial charge in [0, 0.05) is 7.11 Å². The third kappa shape index (κ3) is 3.74. The van der Waals surface area contributed by atoms with Crippen LogP contribution in [0.4, 0.5) is 0 Å². The van der Waals surface area contributed by atoms with E-state index in [0.29, 0.717) is 13.2 Å². The Bertz CT molecular complexity index is 505. The van der Waals surface area contributed by atoms with Gasteiger partial charge in [-0.3, -0.25) is 0 Å². The minimum Gasteiger partial charge on any atom is -0.385 e. The van der Waals surface area contributed by atoms with E-state index in [-0.39, 0.29) is 12.2 Å². The summed E-state index contributed by atoms with van der Waals surface area (Å²) in [6, 6.07) is 9.92. The van der Waals surface area contributed by atoms with Gasteiger partial charge in [0.15, 0.2) is 12.1 Å². The summed E-state index contributed by atoms with van der Waals surface area (Å²) in [5.41, 5.74) is 1.09. The van der Waals surface area contributed by atoms with E-state index in [1.54, 1.807) is 0 Å². The normalized spacial score (nSPS) is 35.9. The lowest BCUT2D eigenvalue weighted by molar-refractivity contribution is -0.276. The number of aliphatic hydroxyl groups is 1. The first kappa shape index (κ1) is 16.8. The zero-order valence-corrected chi connectivity index (χ0v) is 13.7. The smallest absolute Gasteiger partial charge is 0.186 e. The van der Waals surface area contributed by atoms with E-state index in [4.69, 9.17) is 23.7 Å². The molecule has 6 nitrogen and oxygen atoms in total. The van der Waals surface area contributed by atoms with Crippen LogP contribution in [0, 0.1) is 0 Å². The molecule has 2 aliphatic heterocycles. The van der Waals surface area contributed by atoms with Gasteiger partial charge in [-0.2, -0.15) is 0 Å². The number of ether oxygens (including phenoxy) is 5. The van der Waals surface area contributed by atoms with Gasteiger partial charge in [0.05, 0.1) is 13.2 Å². The molecule has 1 aromatic rings. The molecule has 0 spiro atoms. The molecule has 3 rings (SSSR count). The van der Waals surface area contributed by atoms with Gasteiger partial charge in [0.25, 0.3) is 0 Å². The maximum Gasteiger partial charge on any atom is 0.186 e. The first-order valence-corrected chi connectivity index (χ1v) is 7.84. The van der Waals surface area contributed by atoms with Crippen LogP contribution < -0.4 is 0 Å². The van der Waals surface area contributed by atoms with Crippen molar-refractivity contribution in [2.75, 3.05) is 13.7 Å². The van der Waals surface area contributed by atoms with Crippen molar-refractivity contribution in [1.29, 1.82) is 0 Å². The van der Waals surface area contributed by atoms with Crippen LogP contribution in [0.5, 0.6) is 0 Å². The zero-order valence-electron chi connectivity index (χ0n) is 13.7. The molecular weight excluding hydrogens is 300 g/mol. The fourth-order valence-electron chi connectivity index (χ4n) is 3.05. The summed E-state index contributed by atoms with van der Waals surface area (Å²) in [7, 11) is 1.50. The quantitative estimate of drug-likeness (QED) is 0.884. The lowest BCUT2D eigenvalue weighted by Gasteiger charge is -2.39. The number of methoxy groups -OCH3 is 1. The van der Waals surface area contributed by atoms with Crippen LogP contribution in [-0.2, 0) is 30.3 Å². The monoisotopic (exact) mass is 324 g/mol. The second-order valence-electron chi connectivity index (χ2n) is 6.33. The summed E-state index contributed by atoms with van der Waals surface area (Å²) in [6.45, 7) is 4.47. The van der Waals surface area contributed by atoms with E-state index >= 15 is 0 Å². The molecule has 1 aromatic carbocycles. The van der Waals surface area contributed by atoms with Crippen LogP contribution in [0.3, 0.4) is 0 Å². The first-order valence-electron chi connectivity index (χ1n) is 7.84. The summed E-state index contributed by atoms with van der Waals surface area (Å²) >= 11 is 0. The molecule has 0 saturated carbocycles. The standard InChI is InChI=1S/C17H24O6/c1-17(2)22-14-12(10-20-9-11-7-5-4-6-8-11)21-16(19-3)13(18)15(14)23-17/h4-8,12-16,18H,9-10H2,1-3H3. The Morgan fingerprint density at radius 2 is 1.83 bits per heavy atom. The molecule has 1 N–H and O–H groups in total. The maximum atomic E-state index is 10.3. The Morgan fingerprint density at radius 3 is 2.52 bits per heavy atom. The van der Waals surface area contributed by atoms with Crippen LogP contribution in [0.15, 0.2) is 30.3 Å². The van der Waals surface area contributed by atoms with E-state index in [2.05, 4.69) is 0 Å². The number of rotatable bonds is 5. The lowest BCUT2D eigenvalue weighted by atomic mass is 9.99. The molecule has 6 heteroatoms. The van der Waals surface area contributed by atoms with Gasteiger partial charge in [0.2, 0.25) is 0 Å². The van der Waals surface area contributed by atoms with Crippen LogP contribution >= 0.6 is 0 Å². The third-order valence-electron chi connectivity index (χ3n) is 4.08. The van der Waals surface area contributed by atoms with Gasteiger partial charge in [-0.25, -0.2) is 0 Å². The SMILES string of the molecule is COC1OC(COCc2ccccc2)C2OC(C)(C)OC2C1O. The Balaban J connectivity index is 1.63. The van der Waals surface area contributed by atoms with Gasteiger partial charge >= 0.3 is 0 Å². The molecule has 128 valence electrons. The second kappa shape index (κ2) is 6.84. The number of aliphatic hydroxyl groups excluding tert-OH is 1. The highest BCUT2D eigenvalue weighted by molar-refractivity contribution is 5.13. The molecule has 23 heavy (non-hydrogen) atoms. The van der Waals surface area contributed by atoms with E-state index in [0.717, 1.165) is 5.56 Å². The average Bonchev–Trinajstić information content (AvgIpc) is 2.87. The van der Waals surface area contributed by atoms with Crippen molar-refractivity contribution < 1.29 is 28.8 Å². The predicted molar refractivity (Wildman–Crippen MR) is 81.6 cm³/mol. The first-order chi connectivity index (χ1) is 11.0. The minimum absolute atomic E-state index is 0.335. The van der Waals surface area contributed by atoms with Gasteiger partial charge < -0.3 is 28.8 Å². The highest BCUT2D eigenvalue weighted by Crippen LogP contribution is 2.37. The van der Waals surface area contributed by atoms with Crippen molar-refractivity contribution in [3.63, 3.8) is 0 Å². The highest BCUT2D eigenvalue weighted by atomic mass is 16.8. The van der Waals surface area contributed by atoms with E-state index in [9.17, 15) is 5.11 Å². The van der Waals surface area contributed by atoms with Gasteiger partial charge in [-0.15, -0.1) is 0 Å². The summed E-state index contributed by atoms with van der Waals surface area (Å²) < 4.78 is 28.5. The maximum absolute atomic E-state index is 10.3. The van der Waals surface area contributed by atoms with Crippen molar-refractivity contribution in [1.82, 2.24) is 0 Å². The van der Waals surface area contributed by atoms with Crippen molar-refractivity contribution in [2.45, 2.75) is 56.9 Å². The largest absolute Gasteiger partial charge is 0.385 e. The lowest BCUT2D eigenvalue weighted by Crippen LogP contribution is -2.57. The summed E-state index contributed by atoms with van der Waals surface area (Å²) in [5.74, 6) is -0.764. The minimum atomic E-state index is -0.892. The molecular formula is C17H24O6. The van der Waals surface area contributed by atoms with Crippen molar-refractivity contribution in [2.24, 2.45) is 0 Å². The Morgan fingerprint density at radius 1 is 1.13 bits per heavy atom. The molecule has 5 atom stereocenters. The summed E-state index contributed by atoms with van der Waals surface area (Å²) in [4.78, 5) is 0. The Labute approximate surface area is 136 Å². The van der Waals surface area contributed by atoms with Crippen LogP contribution in [0.2, 0.25) is 0 Å². The molecule has 2 fully saturated rings. The molecule has 0 bridgehead atoms. The van der Waals surface area contributed by atoms with Gasteiger partial charge in [-0.1, -0.05) is 30.3 Å². The van der Waals surface area contributed by atoms with E-state index in [1.807, 2.05) is 44.2 Å². The Hall–Kier alpha value is -1.02. The molecule has 2 heterocycles. The number of hydrogen-bond donors (Lipinski definition) is 1. The van der Waals surface area contributed by atoms with Crippen molar-refractivity contribution in [3.8, 4) is 0 Å². The van der Waals surface area contributed by atoms with Crippen molar-refractivity contribution >= 4 is 0 Å². The zero-order chi connectivity index (χ0) is 16.4. The van der Waals surface area contributed by atoms with Crippen molar-refractivity contribution in [3.05, 3.63) is 35.9 Å².